The van der Waals surface area contributed by atoms with E-state index in [1.807, 2.05) is 6.07 Å². The van der Waals surface area contributed by atoms with E-state index in [-0.39, 0.29) is 6.61 Å². The van der Waals surface area contributed by atoms with Gasteiger partial charge < -0.3 is 15.2 Å². The highest BCUT2D eigenvalue weighted by atomic mass is 16.5. The highest BCUT2D eigenvalue weighted by molar-refractivity contribution is 5.65. The molecule has 0 bridgehead atoms. The maximum absolute atomic E-state index is 9.09. The van der Waals surface area contributed by atoms with Gasteiger partial charge in [0.05, 0.1) is 12.8 Å². The summed E-state index contributed by atoms with van der Waals surface area (Å²) in [6.07, 6.45) is 1.92. The van der Waals surface area contributed by atoms with E-state index in [9.17, 15) is 0 Å². The zero-order valence-corrected chi connectivity index (χ0v) is 9.92. The third-order valence-corrected chi connectivity index (χ3v) is 3.21. The first-order chi connectivity index (χ1) is 7.76. The summed E-state index contributed by atoms with van der Waals surface area (Å²) >= 11 is 0. The van der Waals surface area contributed by atoms with Crippen LogP contribution in [0.4, 0.5) is 5.69 Å². The molecule has 16 heavy (non-hydrogen) atoms. The first kappa shape index (κ1) is 11.3. The molecule has 3 heteroatoms. The van der Waals surface area contributed by atoms with E-state index in [2.05, 4.69) is 18.3 Å². The number of nitrogens with one attached hydrogen (secondary N) is 1. The lowest BCUT2D eigenvalue weighted by molar-refractivity contribution is 0.272. The van der Waals surface area contributed by atoms with Crippen LogP contribution in [0.3, 0.4) is 0 Å². The van der Waals surface area contributed by atoms with Gasteiger partial charge in [-0.25, -0.2) is 0 Å². The van der Waals surface area contributed by atoms with Crippen molar-refractivity contribution < 1.29 is 9.84 Å². The van der Waals surface area contributed by atoms with Crippen LogP contribution in [0.15, 0.2) is 12.1 Å². The Morgan fingerprint density at radius 3 is 3.00 bits per heavy atom. The second kappa shape index (κ2) is 4.74. The average Bonchev–Trinajstić information content (AvgIpc) is 2.29. The zero-order valence-electron chi connectivity index (χ0n) is 9.92. The number of aliphatic hydroxyl groups is 1. The SMILES string of the molecule is COc1cc(C)cc2c1NCCC2CCO. The standard InChI is InChI=1S/C13H19NO2/c1-9-7-11-10(4-6-15)3-5-14-13(11)12(8-9)16-2/h7-8,10,14-15H,3-6H2,1-2H3. The molecule has 1 heterocycles. The predicted octanol–water partition coefficient (Wildman–Crippen LogP) is 2.29. The van der Waals surface area contributed by atoms with E-state index in [0.717, 1.165) is 30.8 Å². The lowest BCUT2D eigenvalue weighted by Gasteiger charge is -2.28. The molecule has 0 amide bonds. The van der Waals surface area contributed by atoms with Gasteiger partial charge >= 0.3 is 0 Å². The Bertz CT molecular complexity index is 376. The smallest absolute Gasteiger partial charge is 0.142 e. The Labute approximate surface area is 96.4 Å². The molecule has 1 aromatic carbocycles. The van der Waals surface area contributed by atoms with Gasteiger partial charge in [-0.2, -0.15) is 0 Å². The van der Waals surface area contributed by atoms with Crippen molar-refractivity contribution >= 4 is 5.69 Å². The van der Waals surface area contributed by atoms with E-state index in [1.54, 1.807) is 7.11 Å². The topological polar surface area (TPSA) is 41.5 Å². The number of anilines is 1. The Kier molecular flexibility index (Phi) is 3.34. The van der Waals surface area contributed by atoms with Gasteiger partial charge in [0, 0.05) is 13.2 Å². The summed E-state index contributed by atoms with van der Waals surface area (Å²) in [7, 11) is 1.70. The number of aliphatic hydroxyl groups excluding tert-OH is 1. The minimum absolute atomic E-state index is 0.250. The molecule has 1 aliphatic rings. The Balaban J connectivity index is 2.42. The number of methoxy groups -OCH3 is 1. The van der Waals surface area contributed by atoms with Gasteiger partial charge in [-0.15, -0.1) is 0 Å². The molecule has 2 rings (SSSR count). The zero-order chi connectivity index (χ0) is 11.5. The molecule has 0 radical (unpaired) electrons. The fourth-order valence-corrected chi connectivity index (χ4v) is 2.44. The van der Waals surface area contributed by atoms with Gasteiger partial charge in [-0.3, -0.25) is 0 Å². The maximum atomic E-state index is 9.09. The number of ether oxygens (including phenoxy) is 1. The van der Waals surface area contributed by atoms with Crippen LogP contribution in [-0.2, 0) is 0 Å². The number of rotatable bonds is 3. The molecule has 1 atom stereocenters. The second-order valence-corrected chi connectivity index (χ2v) is 4.36. The molecule has 0 aromatic heterocycles. The van der Waals surface area contributed by atoms with E-state index >= 15 is 0 Å². The molecule has 88 valence electrons. The van der Waals surface area contributed by atoms with Gasteiger partial charge in [0.2, 0.25) is 0 Å². The van der Waals surface area contributed by atoms with Crippen LogP contribution < -0.4 is 10.1 Å². The van der Waals surface area contributed by atoms with Crippen molar-refractivity contribution in [3.05, 3.63) is 23.3 Å². The van der Waals surface area contributed by atoms with Crippen molar-refractivity contribution in [2.24, 2.45) is 0 Å². The van der Waals surface area contributed by atoms with Gasteiger partial charge in [-0.05, 0) is 42.9 Å². The summed E-state index contributed by atoms with van der Waals surface area (Å²) in [4.78, 5) is 0. The molecule has 0 spiro atoms. The van der Waals surface area contributed by atoms with Crippen LogP contribution in [0.25, 0.3) is 0 Å². The molecular weight excluding hydrogens is 202 g/mol. The van der Waals surface area contributed by atoms with Crippen molar-refractivity contribution in [2.75, 3.05) is 25.6 Å². The molecule has 0 saturated carbocycles. The van der Waals surface area contributed by atoms with E-state index in [1.165, 1.54) is 11.1 Å². The molecular formula is C13H19NO2. The number of fused-ring (bicyclic) bond motifs is 1. The lowest BCUT2D eigenvalue weighted by atomic mass is 9.87. The summed E-state index contributed by atoms with van der Waals surface area (Å²) in [5, 5.41) is 12.5. The van der Waals surface area contributed by atoms with Crippen molar-refractivity contribution in [3.63, 3.8) is 0 Å². The Hall–Kier alpha value is -1.22. The van der Waals surface area contributed by atoms with Crippen LogP contribution in [-0.4, -0.2) is 25.4 Å². The van der Waals surface area contributed by atoms with Gasteiger partial charge in [0.15, 0.2) is 0 Å². The van der Waals surface area contributed by atoms with E-state index < -0.39 is 0 Å². The first-order valence-corrected chi connectivity index (χ1v) is 5.79. The second-order valence-electron chi connectivity index (χ2n) is 4.36. The third-order valence-electron chi connectivity index (χ3n) is 3.21. The summed E-state index contributed by atoms with van der Waals surface area (Å²) in [5.74, 6) is 1.37. The highest BCUT2D eigenvalue weighted by Crippen LogP contribution is 2.40. The van der Waals surface area contributed by atoms with Gasteiger partial charge in [0.1, 0.15) is 5.75 Å². The van der Waals surface area contributed by atoms with Crippen LogP contribution in [0.2, 0.25) is 0 Å². The number of hydrogen-bond donors (Lipinski definition) is 2. The van der Waals surface area contributed by atoms with E-state index in [4.69, 9.17) is 9.84 Å². The summed E-state index contributed by atoms with van der Waals surface area (Å²) in [6, 6.07) is 4.25. The number of aryl methyl sites for hydroxylation is 1. The molecule has 0 fully saturated rings. The van der Waals surface area contributed by atoms with Crippen molar-refractivity contribution in [3.8, 4) is 5.75 Å². The van der Waals surface area contributed by atoms with Gasteiger partial charge in [0.25, 0.3) is 0 Å². The molecule has 1 aliphatic heterocycles. The largest absolute Gasteiger partial charge is 0.495 e. The fraction of sp³-hybridized carbons (Fsp3) is 0.538. The molecule has 1 unspecified atom stereocenters. The predicted molar refractivity (Wildman–Crippen MR) is 65.3 cm³/mol. The summed E-state index contributed by atoms with van der Waals surface area (Å²) in [6.45, 7) is 3.28. The number of hydrogen-bond acceptors (Lipinski definition) is 3. The van der Waals surface area contributed by atoms with E-state index in [0.29, 0.717) is 5.92 Å². The maximum Gasteiger partial charge on any atom is 0.142 e. The van der Waals surface area contributed by atoms with Crippen LogP contribution in [0.1, 0.15) is 29.9 Å². The fourth-order valence-electron chi connectivity index (χ4n) is 2.44. The molecule has 0 aliphatic carbocycles. The Morgan fingerprint density at radius 2 is 2.31 bits per heavy atom. The molecule has 2 N–H and O–H groups in total. The van der Waals surface area contributed by atoms with Gasteiger partial charge in [-0.1, -0.05) is 6.07 Å². The lowest BCUT2D eigenvalue weighted by Crippen LogP contribution is -2.18. The average molecular weight is 221 g/mol. The summed E-state index contributed by atoms with van der Waals surface area (Å²) in [5.41, 5.74) is 3.61. The van der Waals surface area contributed by atoms with Crippen molar-refractivity contribution in [1.82, 2.24) is 0 Å². The molecule has 3 nitrogen and oxygen atoms in total. The number of benzene rings is 1. The normalized spacial score (nSPS) is 18.8. The quantitative estimate of drug-likeness (QED) is 0.822. The van der Waals surface area contributed by atoms with Crippen LogP contribution in [0, 0.1) is 6.92 Å². The van der Waals surface area contributed by atoms with Crippen molar-refractivity contribution in [2.45, 2.75) is 25.7 Å². The van der Waals surface area contributed by atoms with Crippen LogP contribution >= 0.6 is 0 Å². The summed E-state index contributed by atoms with van der Waals surface area (Å²) < 4.78 is 5.39. The Morgan fingerprint density at radius 1 is 1.50 bits per heavy atom. The third kappa shape index (κ3) is 2.00. The highest BCUT2D eigenvalue weighted by Gasteiger charge is 2.22. The van der Waals surface area contributed by atoms with Crippen LogP contribution in [0.5, 0.6) is 5.75 Å². The first-order valence-electron chi connectivity index (χ1n) is 5.79. The van der Waals surface area contributed by atoms with Crippen molar-refractivity contribution in [1.29, 1.82) is 0 Å². The minimum Gasteiger partial charge on any atom is -0.495 e. The minimum atomic E-state index is 0.250. The molecule has 0 saturated heterocycles. The monoisotopic (exact) mass is 221 g/mol. The molecule has 1 aromatic rings.